The van der Waals surface area contributed by atoms with Gasteiger partial charge in [0.25, 0.3) is 0 Å². The highest BCUT2D eigenvalue weighted by molar-refractivity contribution is 9.11. The van der Waals surface area contributed by atoms with Gasteiger partial charge in [0.05, 0.1) is 3.79 Å². The van der Waals surface area contributed by atoms with E-state index in [2.05, 4.69) is 34.8 Å². The van der Waals surface area contributed by atoms with Gasteiger partial charge in [-0.15, -0.1) is 23.7 Å². The minimum atomic E-state index is 0.0889. The van der Waals surface area contributed by atoms with E-state index >= 15 is 0 Å². The summed E-state index contributed by atoms with van der Waals surface area (Å²) < 4.78 is 1.17. The molecule has 1 rings (SSSR count). The average Bonchev–Trinajstić information content (AvgIpc) is 2.43. The molecule has 0 spiro atoms. The number of halogens is 1. The summed E-state index contributed by atoms with van der Waals surface area (Å²) >= 11 is 5.17. The van der Waals surface area contributed by atoms with E-state index in [0.29, 0.717) is 0 Å². The number of aryl methyl sites for hydroxylation is 1. The molecule has 0 radical (unpaired) electrons. The summed E-state index contributed by atoms with van der Waals surface area (Å²) in [6.45, 7) is 2.07. The van der Waals surface area contributed by atoms with Crippen molar-refractivity contribution in [2.75, 3.05) is 0 Å². The second kappa shape index (κ2) is 4.80. The number of hydrogen-bond acceptors (Lipinski definition) is 2. The Balaban J connectivity index is 2.67. The maximum Gasteiger partial charge on any atom is 0.0731 e. The van der Waals surface area contributed by atoms with Crippen molar-refractivity contribution >= 4 is 27.3 Å². The van der Waals surface area contributed by atoms with Gasteiger partial charge in [-0.3, -0.25) is 0 Å². The second-order valence-corrected chi connectivity index (χ2v) is 5.36. The lowest BCUT2D eigenvalue weighted by Gasteiger charge is -2.05. The third-order valence-corrected chi connectivity index (χ3v) is 4.11. The van der Waals surface area contributed by atoms with Gasteiger partial charge >= 0.3 is 0 Å². The molecule has 0 bridgehead atoms. The van der Waals surface area contributed by atoms with Crippen LogP contribution in [0.5, 0.6) is 0 Å². The molecule has 0 saturated heterocycles. The summed E-state index contributed by atoms with van der Waals surface area (Å²) in [5.41, 5.74) is 7.20. The molecule has 13 heavy (non-hydrogen) atoms. The molecule has 0 aliphatic heterocycles. The Bertz CT molecular complexity index is 305. The summed E-state index contributed by atoms with van der Waals surface area (Å²) in [5.74, 6) is 2.60. The Labute approximate surface area is 91.5 Å². The van der Waals surface area contributed by atoms with Gasteiger partial charge in [0, 0.05) is 17.3 Å². The third-order valence-electron chi connectivity index (χ3n) is 1.84. The quantitative estimate of drug-likeness (QED) is 0.827. The van der Waals surface area contributed by atoms with E-state index in [9.17, 15) is 0 Å². The van der Waals surface area contributed by atoms with Gasteiger partial charge in [0.1, 0.15) is 0 Å². The first-order valence-electron chi connectivity index (χ1n) is 4.10. The highest BCUT2D eigenvalue weighted by Crippen LogP contribution is 2.31. The number of terminal acetylenes is 1. The highest BCUT2D eigenvalue weighted by Gasteiger charge is 2.09. The van der Waals surface area contributed by atoms with Crippen LogP contribution in [0, 0.1) is 19.3 Å². The molecule has 0 aliphatic carbocycles. The molecule has 1 aromatic rings. The van der Waals surface area contributed by atoms with Crippen molar-refractivity contribution in [1.29, 1.82) is 0 Å². The van der Waals surface area contributed by atoms with Crippen LogP contribution in [0.1, 0.15) is 29.3 Å². The fourth-order valence-electron chi connectivity index (χ4n) is 1.05. The minimum absolute atomic E-state index is 0.0889. The van der Waals surface area contributed by atoms with Crippen LogP contribution in [0.4, 0.5) is 0 Å². The topological polar surface area (TPSA) is 26.0 Å². The first-order valence-corrected chi connectivity index (χ1v) is 5.71. The molecule has 70 valence electrons. The van der Waals surface area contributed by atoms with E-state index < -0.39 is 0 Å². The molecular weight excluding hydrogens is 246 g/mol. The van der Waals surface area contributed by atoms with Crippen molar-refractivity contribution in [1.82, 2.24) is 0 Å². The molecule has 3 heteroatoms. The van der Waals surface area contributed by atoms with Crippen LogP contribution in [-0.4, -0.2) is 0 Å². The number of rotatable bonds is 3. The minimum Gasteiger partial charge on any atom is -0.323 e. The molecule has 0 aromatic carbocycles. The zero-order chi connectivity index (χ0) is 9.84. The van der Waals surface area contributed by atoms with Crippen LogP contribution < -0.4 is 5.73 Å². The maximum absolute atomic E-state index is 5.96. The first-order chi connectivity index (χ1) is 6.15. The maximum atomic E-state index is 5.96. The van der Waals surface area contributed by atoms with Gasteiger partial charge in [-0.25, -0.2) is 0 Å². The van der Waals surface area contributed by atoms with Crippen LogP contribution in [-0.2, 0) is 0 Å². The zero-order valence-electron chi connectivity index (χ0n) is 7.51. The Morgan fingerprint density at radius 1 is 1.77 bits per heavy atom. The molecule has 1 nitrogen and oxygen atoms in total. The van der Waals surface area contributed by atoms with Crippen LogP contribution in [0.25, 0.3) is 0 Å². The molecule has 1 heterocycles. The fraction of sp³-hybridized carbons (Fsp3) is 0.400. The van der Waals surface area contributed by atoms with Gasteiger partial charge in [-0.05, 0) is 40.9 Å². The van der Waals surface area contributed by atoms with Gasteiger partial charge < -0.3 is 5.73 Å². The lowest BCUT2D eigenvalue weighted by molar-refractivity contribution is 0.679. The monoisotopic (exact) mass is 257 g/mol. The highest BCUT2D eigenvalue weighted by atomic mass is 79.9. The standard InChI is InChI=1S/C10H12BrNS/c1-3-4-5-8(12)9-6-7(2)10(11)13-9/h1,6,8H,4-5,12H2,2H3. The normalized spacial score (nSPS) is 12.5. The lowest BCUT2D eigenvalue weighted by atomic mass is 10.1. The number of nitrogens with two attached hydrogens (primary N) is 1. The van der Waals surface area contributed by atoms with Gasteiger partial charge in [0.2, 0.25) is 0 Å². The summed E-state index contributed by atoms with van der Waals surface area (Å²) in [5, 5.41) is 0. The Morgan fingerprint density at radius 2 is 2.46 bits per heavy atom. The zero-order valence-corrected chi connectivity index (χ0v) is 9.91. The molecule has 0 saturated carbocycles. The average molecular weight is 258 g/mol. The van der Waals surface area contributed by atoms with E-state index in [1.807, 2.05) is 0 Å². The SMILES string of the molecule is C#CCCC(N)c1cc(C)c(Br)s1. The summed E-state index contributed by atoms with van der Waals surface area (Å²) in [6, 6.07) is 2.21. The van der Waals surface area contributed by atoms with Gasteiger partial charge in [-0.1, -0.05) is 0 Å². The van der Waals surface area contributed by atoms with Gasteiger partial charge in [0.15, 0.2) is 0 Å². The van der Waals surface area contributed by atoms with Gasteiger partial charge in [-0.2, -0.15) is 0 Å². The van der Waals surface area contributed by atoms with Crippen molar-refractivity contribution in [3.05, 3.63) is 20.3 Å². The smallest absolute Gasteiger partial charge is 0.0731 e. The first kappa shape index (κ1) is 10.8. The summed E-state index contributed by atoms with van der Waals surface area (Å²) in [6.07, 6.45) is 6.79. The molecule has 0 amide bonds. The molecule has 0 aliphatic rings. The van der Waals surface area contributed by atoms with E-state index in [4.69, 9.17) is 12.2 Å². The molecule has 1 aromatic heterocycles. The van der Waals surface area contributed by atoms with Crippen molar-refractivity contribution in [3.8, 4) is 12.3 Å². The predicted molar refractivity (Wildman–Crippen MR) is 61.8 cm³/mol. The molecule has 2 N–H and O–H groups in total. The Hall–Kier alpha value is -0.300. The van der Waals surface area contributed by atoms with Crippen molar-refractivity contribution in [3.63, 3.8) is 0 Å². The van der Waals surface area contributed by atoms with Crippen LogP contribution >= 0.6 is 27.3 Å². The van der Waals surface area contributed by atoms with Crippen molar-refractivity contribution < 1.29 is 0 Å². The Kier molecular flexibility index (Phi) is 3.98. The molecule has 0 fully saturated rings. The van der Waals surface area contributed by atoms with E-state index in [1.54, 1.807) is 11.3 Å². The third kappa shape index (κ3) is 2.84. The number of hydrogen-bond donors (Lipinski definition) is 1. The largest absolute Gasteiger partial charge is 0.323 e. The van der Waals surface area contributed by atoms with Crippen LogP contribution in [0.15, 0.2) is 9.85 Å². The fourth-order valence-corrected chi connectivity index (χ4v) is 2.65. The lowest BCUT2D eigenvalue weighted by Crippen LogP contribution is -2.07. The Morgan fingerprint density at radius 3 is 2.92 bits per heavy atom. The molecular formula is C10H12BrNS. The van der Waals surface area contributed by atoms with Crippen LogP contribution in [0.2, 0.25) is 0 Å². The molecule has 1 unspecified atom stereocenters. The predicted octanol–water partition coefficient (Wildman–Crippen LogP) is 3.23. The van der Waals surface area contributed by atoms with E-state index in [-0.39, 0.29) is 6.04 Å². The van der Waals surface area contributed by atoms with Crippen molar-refractivity contribution in [2.24, 2.45) is 5.73 Å². The molecule has 1 atom stereocenters. The summed E-state index contributed by atoms with van der Waals surface area (Å²) in [7, 11) is 0. The van der Waals surface area contributed by atoms with E-state index in [1.165, 1.54) is 14.2 Å². The summed E-state index contributed by atoms with van der Waals surface area (Å²) in [4.78, 5) is 1.21. The number of thiophene rings is 1. The van der Waals surface area contributed by atoms with Crippen molar-refractivity contribution in [2.45, 2.75) is 25.8 Å². The van der Waals surface area contributed by atoms with Crippen LogP contribution in [0.3, 0.4) is 0 Å². The second-order valence-electron chi connectivity index (χ2n) is 2.95. The van der Waals surface area contributed by atoms with E-state index in [0.717, 1.165) is 12.8 Å².